The van der Waals surface area contributed by atoms with Gasteiger partial charge in [0.1, 0.15) is 18.3 Å². The van der Waals surface area contributed by atoms with Gasteiger partial charge in [-0.15, -0.1) is 0 Å². The number of nitrogens with zero attached hydrogens (tertiary/aromatic N) is 2. The lowest BCUT2D eigenvalue weighted by atomic mass is 10.1. The van der Waals surface area contributed by atoms with Crippen molar-refractivity contribution in [2.45, 2.75) is 19.4 Å². The number of methoxy groups -OCH3 is 2. The van der Waals surface area contributed by atoms with E-state index in [4.69, 9.17) is 19.3 Å². The van der Waals surface area contributed by atoms with Crippen LogP contribution < -0.4 is 24.8 Å². The molecular weight excluding hydrogens is 396 g/mol. The summed E-state index contributed by atoms with van der Waals surface area (Å²) in [5, 5.41) is 13.5. The maximum Gasteiger partial charge on any atom is 0.328 e. The van der Waals surface area contributed by atoms with Crippen molar-refractivity contribution in [2.24, 2.45) is 0 Å². The Labute approximate surface area is 172 Å². The van der Waals surface area contributed by atoms with E-state index >= 15 is 0 Å². The van der Waals surface area contributed by atoms with Crippen molar-refractivity contribution in [3.8, 4) is 23.5 Å². The maximum absolute atomic E-state index is 12.7. The number of carboxylic acids is 1. The summed E-state index contributed by atoms with van der Waals surface area (Å²) in [6.45, 7) is 1.14. The summed E-state index contributed by atoms with van der Waals surface area (Å²) in [5.74, 6) is -1.81. The zero-order valence-corrected chi connectivity index (χ0v) is 16.7. The molecule has 0 saturated carbocycles. The molecule has 3 N–H and O–H groups in total. The van der Waals surface area contributed by atoms with Gasteiger partial charge in [-0.2, -0.15) is 9.97 Å². The normalized spacial score (nSPS) is 11.2. The molecule has 1 atom stereocenters. The fraction of sp³-hybridized carbons (Fsp3) is 0.316. The zero-order valence-electron chi connectivity index (χ0n) is 16.7. The molecule has 0 aliphatic carbocycles. The zero-order chi connectivity index (χ0) is 22.1. The van der Waals surface area contributed by atoms with Crippen molar-refractivity contribution in [2.75, 3.05) is 20.8 Å². The Morgan fingerprint density at radius 3 is 2.30 bits per heavy atom. The molecule has 30 heavy (non-hydrogen) atoms. The first kappa shape index (κ1) is 22.4. The van der Waals surface area contributed by atoms with Crippen molar-refractivity contribution < 1.29 is 33.7 Å². The average molecular weight is 418 g/mol. The van der Waals surface area contributed by atoms with Gasteiger partial charge in [-0.3, -0.25) is 14.4 Å². The summed E-state index contributed by atoms with van der Waals surface area (Å²) in [7, 11) is 2.85. The minimum absolute atomic E-state index is 0.0994. The first-order chi connectivity index (χ1) is 14.4. The Balaban J connectivity index is 2.20. The van der Waals surface area contributed by atoms with E-state index in [1.165, 1.54) is 32.4 Å². The van der Waals surface area contributed by atoms with Gasteiger partial charge in [0.05, 0.1) is 25.8 Å². The van der Waals surface area contributed by atoms with E-state index < -0.39 is 30.4 Å². The molecule has 0 fully saturated rings. The minimum atomic E-state index is -1.18. The van der Waals surface area contributed by atoms with Gasteiger partial charge in [-0.25, -0.2) is 0 Å². The van der Waals surface area contributed by atoms with E-state index in [1.54, 1.807) is 19.1 Å². The monoisotopic (exact) mass is 418 g/mol. The molecule has 2 aromatic rings. The van der Waals surface area contributed by atoms with Crippen molar-refractivity contribution >= 4 is 17.8 Å². The highest BCUT2D eigenvalue weighted by atomic mass is 16.5. The molecule has 0 aliphatic heterocycles. The van der Waals surface area contributed by atoms with Gasteiger partial charge in [0.2, 0.25) is 17.7 Å². The smallest absolute Gasteiger partial charge is 0.328 e. The number of para-hydroxylation sites is 1. The Hall–Kier alpha value is -3.89. The van der Waals surface area contributed by atoms with Crippen molar-refractivity contribution in [1.29, 1.82) is 0 Å². The molecule has 0 saturated heterocycles. The van der Waals surface area contributed by atoms with Crippen molar-refractivity contribution in [3.63, 3.8) is 0 Å². The number of rotatable bonds is 10. The van der Waals surface area contributed by atoms with Crippen LogP contribution >= 0.6 is 0 Å². The van der Waals surface area contributed by atoms with E-state index in [-0.39, 0.29) is 35.5 Å². The fourth-order valence-electron chi connectivity index (χ4n) is 2.35. The van der Waals surface area contributed by atoms with E-state index in [9.17, 15) is 14.4 Å². The van der Waals surface area contributed by atoms with E-state index in [0.29, 0.717) is 0 Å². The first-order valence-electron chi connectivity index (χ1n) is 8.92. The third-order valence-electron chi connectivity index (χ3n) is 3.85. The van der Waals surface area contributed by atoms with Crippen molar-refractivity contribution in [3.05, 3.63) is 35.9 Å². The van der Waals surface area contributed by atoms with E-state index in [0.717, 1.165) is 0 Å². The predicted molar refractivity (Wildman–Crippen MR) is 104 cm³/mol. The number of carbonyl (C=O) groups is 3. The lowest BCUT2D eigenvalue weighted by Gasteiger charge is -2.17. The fourth-order valence-corrected chi connectivity index (χ4v) is 2.35. The molecule has 0 bridgehead atoms. The van der Waals surface area contributed by atoms with Gasteiger partial charge in [0, 0.05) is 0 Å². The van der Waals surface area contributed by atoms with Crippen LogP contribution in [0.15, 0.2) is 30.3 Å². The number of carbonyl (C=O) groups excluding carboxylic acids is 2. The van der Waals surface area contributed by atoms with Crippen LogP contribution in [-0.4, -0.2) is 59.7 Å². The summed E-state index contributed by atoms with van der Waals surface area (Å²) in [6.07, 6.45) is 0.260. The number of benzene rings is 1. The van der Waals surface area contributed by atoms with Gasteiger partial charge in [0.15, 0.2) is 0 Å². The van der Waals surface area contributed by atoms with Crippen LogP contribution in [0.25, 0.3) is 0 Å². The van der Waals surface area contributed by atoms with Crippen LogP contribution in [0.3, 0.4) is 0 Å². The van der Waals surface area contributed by atoms with Gasteiger partial charge < -0.3 is 30.0 Å². The average Bonchev–Trinajstić information content (AvgIpc) is 2.75. The molecule has 2 rings (SSSR count). The van der Waals surface area contributed by atoms with Crippen LogP contribution in [0.4, 0.5) is 0 Å². The second-order valence-electron chi connectivity index (χ2n) is 5.88. The Kier molecular flexibility index (Phi) is 7.91. The summed E-state index contributed by atoms with van der Waals surface area (Å²) < 4.78 is 15.8. The molecule has 2 amide bonds. The molecule has 0 aliphatic rings. The molecule has 0 radical (unpaired) electrons. The number of amides is 2. The van der Waals surface area contributed by atoms with Crippen LogP contribution in [0.1, 0.15) is 23.7 Å². The van der Waals surface area contributed by atoms with Gasteiger partial charge in [0.25, 0.3) is 5.91 Å². The predicted octanol–water partition coefficient (Wildman–Crippen LogP) is 0.995. The Morgan fingerprint density at radius 1 is 1.10 bits per heavy atom. The number of nitrogens with one attached hydrogen (secondary N) is 2. The first-order valence-corrected chi connectivity index (χ1v) is 8.92. The molecule has 11 nitrogen and oxygen atoms in total. The second kappa shape index (κ2) is 10.6. The SMILES string of the molecule is CCC(NC(=O)c1ccccc1Oc1nc(OC)cc(OC)n1)C(=O)NCC(=O)O. The van der Waals surface area contributed by atoms with Gasteiger partial charge >= 0.3 is 12.0 Å². The van der Waals surface area contributed by atoms with Crippen LogP contribution in [0.2, 0.25) is 0 Å². The lowest BCUT2D eigenvalue weighted by molar-refractivity contribution is -0.138. The molecule has 1 unspecified atom stereocenters. The van der Waals surface area contributed by atoms with E-state index in [1.807, 2.05) is 0 Å². The van der Waals surface area contributed by atoms with Crippen LogP contribution in [-0.2, 0) is 9.59 Å². The topological polar surface area (TPSA) is 149 Å². The third kappa shape index (κ3) is 6.06. The number of hydrogen-bond donors (Lipinski definition) is 3. The number of aliphatic carboxylic acids is 1. The molecule has 1 heterocycles. The third-order valence-corrected chi connectivity index (χ3v) is 3.85. The molecule has 0 spiro atoms. The van der Waals surface area contributed by atoms with E-state index in [2.05, 4.69) is 20.6 Å². The Bertz CT molecular complexity index is 897. The number of aromatic nitrogens is 2. The number of ether oxygens (including phenoxy) is 3. The summed E-state index contributed by atoms with van der Waals surface area (Å²) >= 11 is 0. The van der Waals surface area contributed by atoms with Gasteiger partial charge in [-0.1, -0.05) is 19.1 Å². The summed E-state index contributed by atoms with van der Waals surface area (Å²) in [6, 6.07) is 6.77. The van der Waals surface area contributed by atoms with Gasteiger partial charge in [-0.05, 0) is 18.6 Å². The molecule has 11 heteroatoms. The quantitative estimate of drug-likeness (QED) is 0.513. The second-order valence-corrected chi connectivity index (χ2v) is 5.88. The standard InChI is InChI=1S/C19H22N4O7/c1-4-12(18(27)20-10-16(24)25)21-17(26)11-7-5-6-8-13(11)30-19-22-14(28-2)9-15(23-19)29-3/h5-9,12H,4,10H2,1-3H3,(H,20,27)(H,21,26)(H,24,25). The summed E-state index contributed by atoms with van der Waals surface area (Å²) in [5.41, 5.74) is 0.132. The highest BCUT2D eigenvalue weighted by molar-refractivity contribution is 5.99. The number of hydrogen-bond acceptors (Lipinski definition) is 8. The highest BCUT2D eigenvalue weighted by Gasteiger charge is 2.22. The molecule has 1 aromatic carbocycles. The largest absolute Gasteiger partial charge is 0.481 e. The maximum atomic E-state index is 12.7. The molecule has 160 valence electrons. The van der Waals surface area contributed by atoms with Crippen LogP contribution in [0.5, 0.6) is 23.5 Å². The molecule has 1 aromatic heterocycles. The van der Waals surface area contributed by atoms with Crippen LogP contribution in [0, 0.1) is 0 Å². The number of carboxylic acid groups (broad SMARTS) is 1. The molecular formula is C19H22N4O7. The lowest BCUT2D eigenvalue weighted by Crippen LogP contribution is -2.47. The van der Waals surface area contributed by atoms with Crippen molar-refractivity contribution in [1.82, 2.24) is 20.6 Å². The Morgan fingerprint density at radius 2 is 1.73 bits per heavy atom. The highest BCUT2D eigenvalue weighted by Crippen LogP contribution is 2.26. The minimum Gasteiger partial charge on any atom is -0.481 e. The summed E-state index contributed by atoms with van der Waals surface area (Å²) in [4.78, 5) is 43.6.